The standard InChI is InChI=1S/C14H18N2O2/c1-4-10(3)12-13(17)16(14(18)15-12)11-7-5-6-9(2)8-11/h5-8,10,12H,4H2,1-3H3,(H,15,18). The van der Waals surface area contributed by atoms with Gasteiger partial charge in [-0.15, -0.1) is 0 Å². The van der Waals surface area contributed by atoms with Crippen LogP contribution in [0.25, 0.3) is 0 Å². The van der Waals surface area contributed by atoms with Gasteiger partial charge in [0.15, 0.2) is 0 Å². The molecule has 1 aliphatic heterocycles. The lowest BCUT2D eigenvalue weighted by Crippen LogP contribution is -2.35. The molecule has 0 aromatic heterocycles. The van der Waals surface area contributed by atoms with Crippen LogP contribution in [0.2, 0.25) is 0 Å². The summed E-state index contributed by atoms with van der Waals surface area (Å²) in [5, 5.41) is 2.76. The number of aryl methyl sites for hydroxylation is 1. The highest BCUT2D eigenvalue weighted by Crippen LogP contribution is 2.24. The number of hydrogen-bond acceptors (Lipinski definition) is 2. The predicted molar refractivity (Wildman–Crippen MR) is 70.4 cm³/mol. The lowest BCUT2D eigenvalue weighted by atomic mass is 9.99. The third-order valence-electron chi connectivity index (χ3n) is 3.44. The highest BCUT2D eigenvalue weighted by Gasteiger charge is 2.41. The Bertz CT molecular complexity index is 484. The first-order valence-electron chi connectivity index (χ1n) is 6.25. The summed E-state index contributed by atoms with van der Waals surface area (Å²) in [7, 11) is 0. The number of urea groups is 1. The molecule has 18 heavy (non-hydrogen) atoms. The van der Waals surface area contributed by atoms with Crippen LogP contribution in [0.3, 0.4) is 0 Å². The molecule has 1 fully saturated rings. The summed E-state index contributed by atoms with van der Waals surface area (Å²) in [4.78, 5) is 25.4. The van der Waals surface area contributed by atoms with Crippen molar-refractivity contribution >= 4 is 17.6 Å². The van der Waals surface area contributed by atoms with Gasteiger partial charge in [0, 0.05) is 0 Å². The van der Waals surface area contributed by atoms with E-state index in [-0.39, 0.29) is 17.9 Å². The number of imide groups is 1. The molecular formula is C14H18N2O2. The fourth-order valence-corrected chi connectivity index (χ4v) is 2.13. The molecule has 4 heteroatoms. The van der Waals surface area contributed by atoms with Crippen molar-refractivity contribution in [2.75, 3.05) is 4.90 Å². The summed E-state index contributed by atoms with van der Waals surface area (Å²) < 4.78 is 0. The van der Waals surface area contributed by atoms with Crippen molar-refractivity contribution in [2.24, 2.45) is 5.92 Å². The summed E-state index contributed by atoms with van der Waals surface area (Å²) in [5.74, 6) is -0.00351. The summed E-state index contributed by atoms with van der Waals surface area (Å²) in [6.45, 7) is 5.93. The van der Waals surface area contributed by atoms with E-state index >= 15 is 0 Å². The molecule has 0 aliphatic carbocycles. The summed E-state index contributed by atoms with van der Waals surface area (Å²) in [6.07, 6.45) is 0.859. The first-order chi connectivity index (χ1) is 8.54. The van der Waals surface area contributed by atoms with Gasteiger partial charge in [0.25, 0.3) is 5.91 Å². The number of nitrogens with one attached hydrogen (secondary N) is 1. The van der Waals surface area contributed by atoms with Crippen molar-refractivity contribution in [3.63, 3.8) is 0 Å². The van der Waals surface area contributed by atoms with Crippen LogP contribution in [0, 0.1) is 12.8 Å². The molecule has 1 N–H and O–H groups in total. The summed E-state index contributed by atoms with van der Waals surface area (Å²) >= 11 is 0. The van der Waals surface area contributed by atoms with Crippen LogP contribution in [0.5, 0.6) is 0 Å². The second kappa shape index (κ2) is 4.80. The van der Waals surface area contributed by atoms with Gasteiger partial charge in [0.05, 0.1) is 5.69 Å². The number of rotatable bonds is 3. The minimum atomic E-state index is -0.400. The molecule has 2 rings (SSSR count). The van der Waals surface area contributed by atoms with E-state index < -0.39 is 6.04 Å². The molecule has 0 spiro atoms. The zero-order valence-electron chi connectivity index (χ0n) is 10.9. The molecule has 0 radical (unpaired) electrons. The fourth-order valence-electron chi connectivity index (χ4n) is 2.13. The Morgan fingerprint density at radius 3 is 2.72 bits per heavy atom. The lowest BCUT2D eigenvalue weighted by molar-refractivity contribution is -0.119. The molecular weight excluding hydrogens is 228 g/mol. The van der Waals surface area contributed by atoms with Gasteiger partial charge in [0.1, 0.15) is 6.04 Å². The monoisotopic (exact) mass is 246 g/mol. The zero-order valence-corrected chi connectivity index (χ0v) is 10.9. The van der Waals surface area contributed by atoms with Crippen molar-refractivity contribution < 1.29 is 9.59 Å². The first-order valence-corrected chi connectivity index (χ1v) is 6.25. The normalized spacial score (nSPS) is 21.1. The molecule has 96 valence electrons. The number of benzene rings is 1. The maximum absolute atomic E-state index is 12.3. The van der Waals surface area contributed by atoms with Gasteiger partial charge < -0.3 is 5.32 Å². The molecule has 3 amide bonds. The molecule has 0 saturated carbocycles. The summed E-state index contributed by atoms with van der Waals surface area (Å²) in [6, 6.07) is 6.69. The topological polar surface area (TPSA) is 49.4 Å². The number of anilines is 1. The number of carbonyl (C=O) groups excluding carboxylic acids is 2. The Morgan fingerprint density at radius 1 is 1.39 bits per heavy atom. The highest BCUT2D eigenvalue weighted by atomic mass is 16.2. The summed E-state index contributed by atoms with van der Waals surface area (Å²) in [5.41, 5.74) is 1.67. The number of hydrogen-bond donors (Lipinski definition) is 1. The van der Waals surface area contributed by atoms with Gasteiger partial charge in [0.2, 0.25) is 0 Å². The van der Waals surface area contributed by atoms with Gasteiger partial charge in [-0.2, -0.15) is 0 Å². The molecule has 1 heterocycles. The number of nitrogens with zero attached hydrogens (tertiary/aromatic N) is 1. The minimum Gasteiger partial charge on any atom is -0.325 e. The second-order valence-electron chi connectivity index (χ2n) is 4.83. The number of carbonyl (C=O) groups is 2. The molecule has 1 aromatic rings. The highest BCUT2D eigenvalue weighted by molar-refractivity contribution is 6.21. The third kappa shape index (κ3) is 2.10. The quantitative estimate of drug-likeness (QED) is 0.833. The van der Waals surface area contributed by atoms with E-state index in [1.54, 1.807) is 6.07 Å². The van der Waals surface area contributed by atoms with E-state index in [9.17, 15) is 9.59 Å². The Morgan fingerprint density at radius 2 is 2.11 bits per heavy atom. The van der Waals surface area contributed by atoms with E-state index in [1.807, 2.05) is 39.0 Å². The SMILES string of the molecule is CCC(C)C1NC(=O)N(c2cccc(C)c2)C1=O. The maximum Gasteiger partial charge on any atom is 0.329 e. The fraction of sp³-hybridized carbons (Fsp3) is 0.429. The third-order valence-corrected chi connectivity index (χ3v) is 3.44. The maximum atomic E-state index is 12.3. The lowest BCUT2D eigenvalue weighted by Gasteiger charge is -2.16. The van der Waals surface area contributed by atoms with Gasteiger partial charge >= 0.3 is 6.03 Å². The van der Waals surface area contributed by atoms with Gasteiger partial charge in [-0.1, -0.05) is 32.4 Å². The van der Waals surface area contributed by atoms with Crippen LogP contribution < -0.4 is 10.2 Å². The van der Waals surface area contributed by atoms with E-state index in [4.69, 9.17) is 0 Å². The van der Waals surface area contributed by atoms with E-state index in [0.29, 0.717) is 5.69 Å². The number of amides is 3. The van der Waals surface area contributed by atoms with Crippen molar-refractivity contribution in [1.29, 1.82) is 0 Å². The molecule has 0 bridgehead atoms. The van der Waals surface area contributed by atoms with E-state index in [1.165, 1.54) is 4.90 Å². The minimum absolute atomic E-state index is 0.149. The average molecular weight is 246 g/mol. The van der Waals surface area contributed by atoms with Crippen LogP contribution in [-0.2, 0) is 4.79 Å². The molecule has 2 atom stereocenters. The van der Waals surface area contributed by atoms with Gasteiger partial charge in [-0.25, -0.2) is 9.69 Å². The van der Waals surface area contributed by atoms with Crippen molar-refractivity contribution in [2.45, 2.75) is 33.2 Å². The molecule has 2 unspecified atom stereocenters. The Labute approximate surface area is 107 Å². The van der Waals surface area contributed by atoms with Crippen LogP contribution >= 0.6 is 0 Å². The molecule has 1 aromatic carbocycles. The molecule has 4 nitrogen and oxygen atoms in total. The van der Waals surface area contributed by atoms with Crippen LogP contribution in [0.4, 0.5) is 10.5 Å². The smallest absolute Gasteiger partial charge is 0.325 e. The predicted octanol–water partition coefficient (Wildman–Crippen LogP) is 2.47. The van der Waals surface area contributed by atoms with Crippen molar-refractivity contribution in [3.05, 3.63) is 29.8 Å². The van der Waals surface area contributed by atoms with E-state index in [0.717, 1.165) is 12.0 Å². The molecule has 1 saturated heterocycles. The first kappa shape index (κ1) is 12.6. The Balaban J connectivity index is 2.30. The average Bonchev–Trinajstić information content (AvgIpc) is 2.64. The van der Waals surface area contributed by atoms with Gasteiger partial charge in [-0.05, 0) is 30.5 Å². The van der Waals surface area contributed by atoms with Crippen molar-refractivity contribution in [1.82, 2.24) is 5.32 Å². The zero-order chi connectivity index (χ0) is 13.3. The largest absolute Gasteiger partial charge is 0.329 e. The Kier molecular flexibility index (Phi) is 3.36. The van der Waals surface area contributed by atoms with Crippen LogP contribution in [0.1, 0.15) is 25.8 Å². The van der Waals surface area contributed by atoms with Crippen molar-refractivity contribution in [3.8, 4) is 0 Å². The molecule has 1 aliphatic rings. The second-order valence-corrected chi connectivity index (χ2v) is 4.83. The van der Waals surface area contributed by atoms with E-state index in [2.05, 4.69) is 5.32 Å². The van der Waals surface area contributed by atoms with Gasteiger partial charge in [-0.3, -0.25) is 4.79 Å². The Hall–Kier alpha value is -1.84. The van der Waals surface area contributed by atoms with Crippen LogP contribution in [0.15, 0.2) is 24.3 Å². The van der Waals surface area contributed by atoms with Crippen LogP contribution in [-0.4, -0.2) is 18.0 Å².